The van der Waals surface area contributed by atoms with Crippen LogP contribution >= 0.6 is 0 Å². The Bertz CT molecular complexity index is 859. The van der Waals surface area contributed by atoms with Crippen molar-refractivity contribution in [3.63, 3.8) is 0 Å². The van der Waals surface area contributed by atoms with E-state index in [0.29, 0.717) is 13.1 Å². The van der Waals surface area contributed by atoms with Crippen molar-refractivity contribution in [1.82, 2.24) is 26.2 Å². The Hall–Kier alpha value is -2.16. The smallest absolute Gasteiger partial charge is 0.223 e. The molecule has 240 valence electrons. The molecule has 0 saturated heterocycles. The monoisotopic (exact) mass is 581 g/mol. The van der Waals surface area contributed by atoms with E-state index in [1.54, 1.807) is 0 Å². The summed E-state index contributed by atoms with van der Waals surface area (Å²) >= 11 is 0. The van der Waals surface area contributed by atoms with Crippen LogP contribution in [0.3, 0.4) is 0 Å². The van der Waals surface area contributed by atoms with Crippen LogP contribution in [0.4, 0.5) is 0 Å². The molecule has 0 aliphatic rings. The van der Waals surface area contributed by atoms with Gasteiger partial charge in [-0.15, -0.1) is 0 Å². The van der Waals surface area contributed by atoms with E-state index >= 15 is 0 Å². The van der Waals surface area contributed by atoms with Crippen molar-refractivity contribution in [3.8, 4) is 0 Å². The number of nitrogens with one attached hydrogen (secondary N) is 4. The molecule has 0 fully saturated rings. The topological polar surface area (TPSA) is 120 Å². The van der Waals surface area contributed by atoms with E-state index in [2.05, 4.69) is 60.8 Å². The third kappa shape index (κ3) is 11.6. The maximum atomic E-state index is 13.2. The highest BCUT2D eigenvalue weighted by Crippen LogP contribution is 2.34. The lowest BCUT2D eigenvalue weighted by Crippen LogP contribution is -2.68. The van der Waals surface area contributed by atoms with E-state index in [4.69, 9.17) is 0 Å². The molecule has 0 aromatic rings. The van der Waals surface area contributed by atoms with Crippen LogP contribution < -0.4 is 21.3 Å². The number of carbonyl (C=O) groups is 4. The van der Waals surface area contributed by atoms with Gasteiger partial charge in [-0.25, -0.2) is 0 Å². The molecule has 9 nitrogen and oxygen atoms in total. The molecule has 0 bridgehead atoms. The first-order chi connectivity index (χ1) is 18.7. The number of nitrogens with zero attached hydrogens (tertiary/aromatic N) is 1. The summed E-state index contributed by atoms with van der Waals surface area (Å²) in [5.74, 6) is -0.661. The van der Waals surface area contributed by atoms with Crippen LogP contribution in [0.25, 0.3) is 0 Å². The van der Waals surface area contributed by atoms with Crippen LogP contribution in [0.2, 0.25) is 0 Å². The van der Waals surface area contributed by atoms with Gasteiger partial charge in [-0.2, -0.15) is 0 Å². The van der Waals surface area contributed by atoms with E-state index in [0.717, 1.165) is 0 Å². The minimum Gasteiger partial charge on any atom is -0.355 e. The Morgan fingerprint density at radius 3 is 1.44 bits per heavy atom. The molecule has 9 heteroatoms. The number of hydrogen-bond donors (Lipinski definition) is 4. The van der Waals surface area contributed by atoms with Crippen LogP contribution in [-0.4, -0.2) is 71.3 Å². The van der Waals surface area contributed by atoms with Crippen LogP contribution in [0, 0.1) is 35.5 Å². The molecule has 0 aromatic carbocycles. The van der Waals surface area contributed by atoms with E-state index in [-0.39, 0.29) is 83.3 Å². The van der Waals surface area contributed by atoms with E-state index in [1.807, 2.05) is 69.2 Å². The number of rotatable bonds is 17. The van der Waals surface area contributed by atoms with Gasteiger partial charge in [0.1, 0.15) is 0 Å². The number of amides is 4. The summed E-state index contributed by atoms with van der Waals surface area (Å²) in [5, 5.41) is 12.7. The van der Waals surface area contributed by atoms with Crippen molar-refractivity contribution in [2.75, 3.05) is 13.1 Å². The third-order valence-corrected chi connectivity index (χ3v) is 9.03. The molecule has 4 N–H and O–H groups in total. The Morgan fingerprint density at radius 2 is 1.02 bits per heavy atom. The predicted molar refractivity (Wildman–Crippen MR) is 168 cm³/mol. The van der Waals surface area contributed by atoms with Crippen LogP contribution in [-0.2, 0) is 19.2 Å². The van der Waals surface area contributed by atoms with Crippen molar-refractivity contribution in [3.05, 3.63) is 0 Å². The zero-order valence-electron chi connectivity index (χ0n) is 28.8. The normalized spacial score (nSPS) is 18.0. The lowest BCUT2D eigenvalue weighted by molar-refractivity contribution is -0.129. The van der Waals surface area contributed by atoms with Gasteiger partial charge >= 0.3 is 0 Å². The highest BCUT2D eigenvalue weighted by atomic mass is 16.2. The maximum Gasteiger partial charge on any atom is 0.223 e. The molecule has 41 heavy (non-hydrogen) atoms. The second kappa shape index (κ2) is 17.1. The molecule has 0 aliphatic heterocycles. The second-order valence-electron chi connectivity index (χ2n) is 13.6. The third-order valence-electron chi connectivity index (χ3n) is 9.03. The average molecular weight is 582 g/mol. The predicted octanol–water partition coefficient (Wildman–Crippen LogP) is 3.96. The summed E-state index contributed by atoms with van der Waals surface area (Å²) in [5.41, 5.74) is -0.699. The van der Waals surface area contributed by atoms with Crippen molar-refractivity contribution >= 4 is 23.6 Å². The summed E-state index contributed by atoms with van der Waals surface area (Å²) in [6.07, 6.45) is 0. The molecule has 4 amide bonds. The summed E-state index contributed by atoms with van der Waals surface area (Å²) in [6, 6.07) is -0.558. The minimum absolute atomic E-state index is 0.00313. The zero-order chi connectivity index (χ0) is 32.4. The van der Waals surface area contributed by atoms with Crippen molar-refractivity contribution in [2.45, 2.75) is 134 Å². The fourth-order valence-corrected chi connectivity index (χ4v) is 4.92. The lowest BCUT2D eigenvalue weighted by atomic mass is 9.71. The van der Waals surface area contributed by atoms with Crippen molar-refractivity contribution in [2.24, 2.45) is 35.5 Å². The molecule has 0 saturated carbocycles. The number of hydrogen-bond acceptors (Lipinski definition) is 5. The van der Waals surface area contributed by atoms with Gasteiger partial charge in [-0.3, -0.25) is 24.1 Å². The first-order valence-electron chi connectivity index (χ1n) is 15.6. The molecular formula is C32H63N5O4. The lowest BCUT2D eigenvalue weighted by Gasteiger charge is -2.51. The standard InChI is InChI=1S/C32H63N5O4/c1-18(2)28(38)33-16-17-37(26(13)25(12)35-30(40)20(5)6)27(14)32(15,36-31(41)21(7)8)23(10)22(9)24(11)34-29(39)19(3)4/h18-27H,16-17H2,1-15H3,(H,33,38)(H,34,39)(H,35,40)(H,36,41). The highest BCUT2D eigenvalue weighted by Gasteiger charge is 2.46. The van der Waals surface area contributed by atoms with Gasteiger partial charge < -0.3 is 21.3 Å². The van der Waals surface area contributed by atoms with Crippen molar-refractivity contribution < 1.29 is 19.2 Å². The van der Waals surface area contributed by atoms with Crippen LogP contribution in [0.1, 0.15) is 104 Å². The highest BCUT2D eigenvalue weighted by molar-refractivity contribution is 5.79. The van der Waals surface area contributed by atoms with Gasteiger partial charge in [0.2, 0.25) is 23.6 Å². The Kier molecular flexibility index (Phi) is 16.2. The van der Waals surface area contributed by atoms with Gasteiger partial charge in [0.05, 0.1) is 5.54 Å². The molecule has 7 unspecified atom stereocenters. The Labute approximate surface area is 251 Å². The van der Waals surface area contributed by atoms with Gasteiger partial charge in [-0.1, -0.05) is 69.2 Å². The number of carbonyl (C=O) groups excluding carboxylic acids is 4. The molecule has 0 spiro atoms. The van der Waals surface area contributed by atoms with Crippen molar-refractivity contribution in [1.29, 1.82) is 0 Å². The quantitative estimate of drug-likeness (QED) is 0.207. The van der Waals surface area contributed by atoms with Gasteiger partial charge in [0.15, 0.2) is 0 Å². The van der Waals surface area contributed by atoms with Gasteiger partial charge in [0.25, 0.3) is 0 Å². The summed E-state index contributed by atoms with van der Waals surface area (Å²) in [4.78, 5) is 53.0. The molecule has 0 aromatic heterocycles. The molecule has 7 atom stereocenters. The summed E-state index contributed by atoms with van der Waals surface area (Å²) < 4.78 is 0. The second-order valence-corrected chi connectivity index (χ2v) is 13.6. The minimum atomic E-state index is -0.699. The molecular weight excluding hydrogens is 518 g/mol. The van der Waals surface area contributed by atoms with E-state index in [1.165, 1.54) is 0 Å². The van der Waals surface area contributed by atoms with Crippen LogP contribution in [0.5, 0.6) is 0 Å². The zero-order valence-corrected chi connectivity index (χ0v) is 28.8. The van der Waals surface area contributed by atoms with Gasteiger partial charge in [0, 0.05) is 60.9 Å². The van der Waals surface area contributed by atoms with E-state index < -0.39 is 5.54 Å². The SMILES string of the molecule is CC(C)C(=O)NCCN(C(C)C(C)NC(=O)C(C)C)C(C)C(C)(NC(=O)C(C)C)C(C)C(C)C(C)NC(=O)C(C)C. The first kappa shape index (κ1) is 38.8. The average Bonchev–Trinajstić information content (AvgIpc) is 2.88. The summed E-state index contributed by atoms with van der Waals surface area (Å²) in [7, 11) is 0. The largest absolute Gasteiger partial charge is 0.355 e. The summed E-state index contributed by atoms with van der Waals surface area (Å²) in [6.45, 7) is 30.5. The van der Waals surface area contributed by atoms with E-state index in [9.17, 15) is 19.2 Å². The first-order valence-corrected chi connectivity index (χ1v) is 15.6. The molecule has 0 heterocycles. The van der Waals surface area contributed by atoms with Gasteiger partial charge in [-0.05, 0) is 46.5 Å². The molecule has 0 aliphatic carbocycles. The van der Waals surface area contributed by atoms with Crippen LogP contribution in [0.15, 0.2) is 0 Å². The fraction of sp³-hybridized carbons (Fsp3) is 0.875. The molecule has 0 radical (unpaired) electrons. The Balaban J connectivity index is 6.52. The maximum absolute atomic E-state index is 13.2. The fourth-order valence-electron chi connectivity index (χ4n) is 4.92. The molecule has 0 rings (SSSR count). The Morgan fingerprint density at radius 1 is 0.610 bits per heavy atom.